The Balaban J connectivity index is 2.71. The van der Waals surface area contributed by atoms with Gasteiger partial charge >= 0.3 is 0 Å². The number of nitrogens with one attached hydrogen (secondary N) is 1. The number of amides is 1. The summed E-state index contributed by atoms with van der Waals surface area (Å²) in [5.74, 6) is -0.973. The maximum atomic E-state index is 13.6. The Morgan fingerprint density at radius 1 is 1.53 bits per heavy atom. The molecule has 1 aromatic carbocycles. The zero-order valence-electron chi connectivity index (χ0n) is 10.1. The zero-order chi connectivity index (χ0) is 13.0. The van der Waals surface area contributed by atoms with Crippen molar-refractivity contribution in [3.05, 3.63) is 35.1 Å². The molecule has 2 unspecified atom stereocenters. The molecule has 0 aromatic heterocycles. The van der Waals surface area contributed by atoms with Crippen molar-refractivity contribution in [3.8, 4) is 0 Å². The summed E-state index contributed by atoms with van der Waals surface area (Å²) in [7, 11) is -1.00. The Morgan fingerprint density at radius 2 is 2.18 bits per heavy atom. The second-order valence-electron chi connectivity index (χ2n) is 3.96. The highest BCUT2D eigenvalue weighted by molar-refractivity contribution is 7.84. The third kappa shape index (κ3) is 3.63. The van der Waals surface area contributed by atoms with E-state index in [1.165, 1.54) is 6.07 Å². The van der Waals surface area contributed by atoms with Gasteiger partial charge in [-0.05, 0) is 25.5 Å². The van der Waals surface area contributed by atoms with Gasteiger partial charge in [-0.25, -0.2) is 4.39 Å². The zero-order valence-corrected chi connectivity index (χ0v) is 10.9. The molecule has 94 valence electrons. The van der Waals surface area contributed by atoms with Gasteiger partial charge in [-0.2, -0.15) is 0 Å². The van der Waals surface area contributed by atoms with Crippen LogP contribution in [-0.2, 0) is 10.8 Å². The molecule has 0 spiro atoms. The van der Waals surface area contributed by atoms with Gasteiger partial charge in [0.25, 0.3) is 5.91 Å². The van der Waals surface area contributed by atoms with Crippen molar-refractivity contribution in [2.75, 3.05) is 12.8 Å². The first-order chi connectivity index (χ1) is 7.93. The highest BCUT2D eigenvalue weighted by Gasteiger charge is 2.14. The first-order valence-electron chi connectivity index (χ1n) is 5.29. The molecule has 0 radical (unpaired) electrons. The van der Waals surface area contributed by atoms with Gasteiger partial charge in [0.2, 0.25) is 0 Å². The van der Waals surface area contributed by atoms with Crippen molar-refractivity contribution in [1.82, 2.24) is 5.32 Å². The van der Waals surface area contributed by atoms with Crippen molar-refractivity contribution in [3.63, 3.8) is 0 Å². The first-order valence-corrected chi connectivity index (χ1v) is 6.91. The molecule has 0 heterocycles. The second kappa shape index (κ2) is 5.91. The van der Waals surface area contributed by atoms with Gasteiger partial charge in [-0.15, -0.1) is 0 Å². The van der Waals surface area contributed by atoms with E-state index >= 15 is 0 Å². The molecule has 1 aromatic rings. The maximum Gasteiger partial charge on any atom is 0.254 e. The van der Waals surface area contributed by atoms with Gasteiger partial charge in [-0.1, -0.05) is 12.1 Å². The Labute approximate surface area is 103 Å². The Hall–Kier alpha value is -1.23. The minimum absolute atomic E-state index is 0.0269. The molecular formula is C12H16FNO2S. The van der Waals surface area contributed by atoms with Crippen LogP contribution in [0.3, 0.4) is 0 Å². The molecule has 0 aliphatic carbocycles. The third-order valence-electron chi connectivity index (χ3n) is 2.55. The third-order valence-corrected chi connectivity index (χ3v) is 3.85. The number of hydrogen-bond acceptors (Lipinski definition) is 2. The van der Waals surface area contributed by atoms with E-state index in [9.17, 15) is 13.4 Å². The first kappa shape index (κ1) is 13.8. The summed E-state index contributed by atoms with van der Waals surface area (Å²) in [5.41, 5.74) is 0.462. The summed E-state index contributed by atoms with van der Waals surface area (Å²) in [5, 5.41) is 2.43. The molecule has 2 atom stereocenters. The van der Waals surface area contributed by atoms with Crippen molar-refractivity contribution in [2.24, 2.45) is 0 Å². The standard InChI is InChI=1S/C12H16FNO2S/c1-8-5-4-6-10(11(8)13)12(15)14-7-9(2)17(3)16/h4-6,9H,7H2,1-3H3,(H,14,15). The van der Waals surface area contributed by atoms with E-state index in [1.54, 1.807) is 32.2 Å². The predicted octanol–water partition coefficient (Wildman–Crippen LogP) is 1.63. The Kier molecular flexibility index (Phi) is 4.81. The number of carbonyl (C=O) groups excluding carboxylic acids is 1. The summed E-state index contributed by atoms with van der Waals surface area (Å²) >= 11 is 0. The van der Waals surface area contributed by atoms with E-state index in [4.69, 9.17) is 0 Å². The Bertz CT molecular complexity index is 448. The normalized spacial score (nSPS) is 14.1. The number of carbonyl (C=O) groups is 1. The van der Waals surface area contributed by atoms with Crippen molar-refractivity contribution in [1.29, 1.82) is 0 Å². The van der Waals surface area contributed by atoms with Crippen LogP contribution in [0.15, 0.2) is 18.2 Å². The van der Waals surface area contributed by atoms with E-state index in [-0.39, 0.29) is 17.4 Å². The molecule has 0 saturated heterocycles. The molecule has 0 saturated carbocycles. The highest BCUT2D eigenvalue weighted by Crippen LogP contribution is 2.11. The topological polar surface area (TPSA) is 46.2 Å². The molecule has 17 heavy (non-hydrogen) atoms. The summed E-state index contributed by atoms with van der Waals surface area (Å²) in [6, 6.07) is 4.68. The van der Waals surface area contributed by atoms with Gasteiger partial charge < -0.3 is 5.32 Å². The van der Waals surface area contributed by atoms with Gasteiger partial charge in [0.1, 0.15) is 5.82 Å². The predicted molar refractivity (Wildman–Crippen MR) is 67.0 cm³/mol. The fraction of sp³-hybridized carbons (Fsp3) is 0.417. The average molecular weight is 257 g/mol. The largest absolute Gasteiger partial charge is 0.351 e. The van der Waals surface area contributed by atoms with Gasteiger partial charge in [0.15, 0.2) is 0 Å². The summed E-state index contributed by atoms with van der Waals surface area (Å²) < 4.78 is 24.7. The van der Waals surface area contributed by atoms with E-state index in [2.05, 4.69) is 5.32 Å². The molecular weight excluding hydrogens is 241 g/mol. The lowest BCUT2D eigenvalue weighted by atomic mass is 10.1. The van der Waals surface area contributed by atoms with Crippen LogP contribution in [0, 0.1) is 12.7 Å². The van der Waals surface area contributed by atoms with Crippen LogP contribution < -0.4 is 5.32 Å². The van der Waals surface area contributed by atoms with E-state index in [1.807, 2.05) is 0 Å². The van der Waals surface area contributed by atoms with E-state index in [0.717, 1.165) is 0 Å². The number of rotatable bonds is 4. The van der Waals surface area contributed by atoms with Crippen LogP contribution in [-0.4, -0.2) is 28.2 Å². The van der Waals surface area contributed by atoms with Crippen LogP contribution in [0.2, 0.25) is 0 Å². The smallest absolute Gasteiger partial charge is 0.254 e. The maximum absolute atomic E-state index is 13.6. The lowest BCUT2D eigenvalue weighted by Crippen LogP contribution is -2.33. The minimum Gasteiger partial charge on any atom is -0.351 e. The average Bonchev–Trinajstić information content (AvgIpc) is 2.29. The Morgan fingerprint density at radius 3 is 2.76 bits per heavy atom. The van der Waals surface area contributed by atoms with Crippen molar-refractivity contribution >= 4 is 16.7 Å². The van der Waals surface area contributed by atoms with E-state index in [0.29, 0.717) is 5.56 Å². The monoisotopic (exact) mass is 257 g/mol. The van der Waals surface area contributed by atoms with Crippen molar-refractivity contribution < 1.29 is 13.4 Å². The van der Waals surface area contributed by atoms with Crippen LogP contribution in [0.25, 0.3) is 0 Å². The van der Waals surface area contributed by atoms with Crippen molar-refractivity contribution in [2.45, 2.75) is 19.1 Å². The molecule has 0 aliphatic rings. The lowest BCUT2D eigenvalue weighted by Gasteiger charge is -2.10. The highest BCUT2D eigenvalue weighted by atomic mass is 32.2. The molecule has 5 heteroatoms. The number of halogens is 1. The summed E-state index contributed by atoms with van der Waals surface area (Å²) in [6.07, 6.45) is 1.57. The number of benzene rings is 1. The number of hydrogen-bond donors (Lipinski definition) is 1. The SMILES string of the molecule is Cc1cccc(C(=O)NCC(C)S(C)=O)c1F. The fourth-order valence-electron chi connectivity index (χ4n) is 1.27. The van der Waals surface area contributed by atoms with Gasteiger partial charge in [0.05, 0.1) is 5.56 Å². The van der Waals surface area contributed by atoms with Gasteiger partial charge in [0, 0.05) is 28.9 Å². The fourth-order valence-corrected chi connectivity index (χ4v) is 1.59. The molecule has 1 N–H and O–H groups in total. The minimum atomic E-state index is -1.00. The van der Waals surface area contributed by atoms with Crippen LogP contribution in [0.5, 0.6) is 0 Å². The molecule has 3 nitrogen and oxygen atoms in total. The molecule has 0 bridgehead atoms. The summed E-state index contributed by atoms with van der Waals surface area (Å²) in [6.45, 7) is 3.65. The quantitative estimate of drug-likeness (QED) is 0.891. The molecule has 1 rings (SSSR count). The van der Waals surface area contributed by atoms with Crippen LogP contribution in [0.4, 0.5) is 4.39 Å². The van der Waals surface area contributed by atoms with Crippen LogP contribution >= 0.6 is 0 Å². The molecule has 0 aliphatic heterocycles. The summed E-state index contributed by atoms with van der Waals surface area (Å²) in [4.78, 5) is 11.7. The van der Waals surface area contributed by atoms with Crippen LogP contribution in [0.1, 0.15) is 22.8 Å². The number of aryl methyl sites for hydroxylation is 1. The van der Waals surface area contributed by atoms with Gasteiger partial charge in [-0.3, -0.25) is 9.00 Å². The molecule has 0 fully saturated rings. The second-order valence-corrected chi connectivity index (χ2v) is 5.76. The molecule has 1 amide bonds. The van der Waals surface area contributed by atoms with E-state index < -0.39 is 22.5 Å². The lowest BCUT2D eigenvalue weighted by molar-refractivity contribution is 0.0950.